The third kappa shape index (κ3) is 4.76. The van der Waals surface area contributed by atoms with Gasteiger partial charge in [0.1, 0.15) is 6.04 Å². The zero-order valence-electron chi connectivity index (χ0n) is 14.2. The Balaban J connectivity index is 1.96. The fourth-order valence-corrected chi connectivity index (χ4v) is 3.70. The van der Waals surface area contributed by atoms with Crippen LogP contribution in [0.5, 0.6) is 0 Å². The molecule has 0 aliphatic carbocycles. The van der Waals surface area contributed by atoms with Gasteiger partial charge in [0, 0.05) is 24.4 Å². The minimum Gasteiger partial charge on any atom is -0.451 e. The lowest BCUT2D eigenvalue weighted by atomic mass is 10.2. The molecule has 0 bridgehead atoms. The number of nitro benzene ring substituents is 1. The zero-order valence-corrected chi connectivity index (χ0v) is 15.1. The molecule has 1 aromatic carbocycles. The molecule has 1 fully saturated rings. The van der Waals surface area contributed by atoms with Gasteiger partial charge in [0.2, 0.25) is 10.0 Å². The van der Waals surface area contributed by atoms with Crippen LogP contribution >= 0.6 is 0 Å². The van der Waals surface area contributed by atoms with Gasteiger partial charge in [-0.1, -0.05) is 0 Å². The van der Waals surface area contributed by atoms with Crippen LogP contribution in [0, 0.1) is 10.1 Å². The monoisotopic (exact) mass is 385 g/mol. The first-order valence-corrected chi connectivity index (χ1v) is 9.67. The predicted octanol–water partition coefficient (Wildman–Crippen LogP) is 0.889. The van der Waals surface area contributed by atoms with E-state index in [4.69, 9.17) is 4.74 Å². The second kappa shape index (κ2) is 7.79. The van der Waals surface area contributed by atoms with E-state index < -0.39 is 39.0 Å². The smallest absolute Gasteiger partial charge is 0.325 e. The molecule has 1 heterocycles. The molecule has 26 heavy (non-hydrogen) atoms. The minimum atomic E-state index is -3.54. The molecule has 10 nitrogen and oxygen atoms in total. The second-order valence-corrected chi connectivity index (χ2v) is 7.84. The van der Waals surface area contributed by atoms with Gasteiger partial charge in [-0.25, -0.2) is 8.42 Å². The fraction of sp³-hybridized carbons (Fsp3) is 0.467. The molecule has 11 heteroatoms. The number of sulfonamides is 1. The molecule has 1 saturated heterocycles. The van der Waals surface area contributed by atoms with Gasteiger partial charge >= 0.3 is 5.97 Å². The molecular weight excluding hydrogens is 366 g/mol. The molecule has 0 aromatic heterocycles. The standard InChI is InChI=1S/C15H19N3O7S/c1-10(14(19)16-11-5-7-12(8-6-11)18(21)22)25-15(20)13-4-3-9-17(13)26(2,23)24/h5-8,10,13H,3-4,9H2,1-2H3,(H,16,19)/t10-,13+/m0/s1. The van der Waals surface area contributed by atoms with Gasteiger partial charge in [0.15, 0.2) is 6.10 Å². The van der Waals surface area contributed by atoms with Crippen molar-refractivity contribution in [1.29, 1.82) is 0 Å². The summed E-state index contributed by atoms with van der Waals surface area (Å²) in [6.45, 7) is 1.60. The lowest BCUT2D eigenvalue weighted by Crippen LogP contribution is -2.43. The van der Waals surface area contributed by atoms with Crippen LogP contribution in [0.3, 0.4) is 0 Å². The van der Waals surface area contributed by atoms with Crippen LogP contribution in [-0.4, -0.2) is 54.5 Å². The Hall–Kier alpha value is -2.53. The molecular formula is C15H19N3O7S. The Labute approximate surface area is 150 Å². The summed E-state index contributed by atoms with van der Waals surface area (Å²) in [5.74, 6) is -1.41. The van der Waals surface area contributed by atoms with Crippen LogP contribution in [0.15, 0.2) is 24.3 Å². The van der Waals surface area contributed by atoms with Crippen LogP contribution in [0.2, 0.25) is 0 Å². The Morgan fingerprint density at radius 2 is 1.96 bits per heavy atom. The highest BCUT2D eigenvalue weighted by molar-refractivity contribution is 7.88. The highest BCUT2D eigenvalue weighted by Gasteiger charge is 2.38. The number of hydrogen-bond donors (Lipinski definition) is 1. The van der Waals surface area contributed by atoms with Crippen molar-refractivity contribution in [3.8, 4) is 0 Å². The number of esters is 1. The summed E-state index contributed by atoms with van der Waals surface area (Å²) in [5.41, 5.74) is 0.187. The van der Waals surface area contributed by atoms with Crippen LogP contribution in [-0.2, 0) is 24.3 Å². The molecule has 0 radical (unpaired) electrons. The molecule has 1 amide bonds. The van der Waals surface area contributed by atoms with Crippen molar-refractivity contribution in [2.24, 2.45) is 0 Å². The van der Waals surface area contributed by atoms with Crippen molar-refractivity contribution in [2.45, 2.75) is 31.9 Å². The molecule has 0 spiro atoms. The molecule has 0 unspecified atom stereocenters. The van der Waals surface area contributed by atoms with Crippen molar-refractivity contribution >= 4 is 33.3 Å². The number of anilines is 1. The number of rotatable bonds is 6. The summed E-state index contributed by atoms with van der Waals surface area (Å²) < 4.78 is 29.5. The van der Waals surface area contributed by atoms with E-state index in [0.717, 1.165) is 10.6 Å². The third-order valence-electron chi connectivity index (χ3n) is 3.91. The predicted molar refractivity (Wildman–Crippen MR) is 91.9 cm³/mol. The summed E-state index contributed by atoms with van der Waals surface area (Å²) in [6, 6.07) is 4.24. The lowest BCUT2D eigenvalue weighted by Gasteiger charge is -2.22. The summed E-state index contributed by atoms with van der Waals surface area (Å²) in [7, 11) is -3.54. The Kier molecular flexibility index (Phi) is 5.93. The average Bonchev–Trinajstić information content (AvgIpc) is 3.05. The highest BCUT2D eigenvalue weighted by Crippen LogP contribution is 2.22. The minimum absolute atomic E-state index is 0.121. The summed E-state index contributed by atoms with van der Waals surface area (Å²) in [6.07, 6.45) is 0.738. The largest absolute Gasteiger partial charge is 0.451 e. The number of hydrogen-bond acceptors (Lipinski definition) is 7. The van der Waals surface area contributed by atoms with Gasteiger partial charge in [0.05, 0.1) is 11.2 Å². The summed E-state index contributed by atoms with van der Waals surface area (Å²) in [4.78, 5) is 34.3. The number of non-ortho nitro benzene ring substituents is 1. The fourth-order valence-electron chi connectivity index (χ4n) is 2.59. The number of amides is 1. The first-order chi connectivity index (χ1) is 12.1. The van der Waals surface area contributed by atoms with E-state index in [0.29, 0.717) is 18.5 Å². The Bertz CT molecular complexity index is 807. The second-order valence-electron chi connectivity index (χ2n) is 5.90. The van der Waals surface area contributed by atoms with E-state index >= 15 is 0 Å². The molecule has 2 atom stereocenters. The van der Waals surface area contributed by atoms with E-state index in [1.807, 2.05) is 0 Å². The lowest BCUT2D eigenvalue weighted by molar-refractivity contribution is -0.384. The van der Waals surface area contributed by atoms with Gasteiger partial charge in [-0.05, 0) is 31.9 Å². The maximum atomic E-state index is 12.2. The molecule has 2 rings (SSSR count). The van der Waals surface area contributed by atoms with Gasteiger partial charge < -0.3 is 10.1 Å². The molecule has 1 aliphatic rings. The number of carbonyl (C=O) groups excluding carboxylic acids is 2. The maximum Gasteiger partial charge on any atom is 0.325 e. The van der Waals surface area contributed by atoms with Crippen LogP contribution in [0.1, 0.15) is 19.8 Å². The van der Waals surface area contributed by atoms with E-state index in [1.165, 1.54) is 31.2 Å². The van der Waals surface area contributed by atoms with Crippen LogP contribution in [0.25, 0.3) is 0 Å². The Morgan fingerprint density at radius 1 is 1.35 bits per heavy atom. The first-order valence-electron chi connectivity index (χ1n) is 7.82. The molecule has 142 valence electrons. The normalized spacial score (nSPS) is 18.9. The molecule has 0 saturated carbocycles. The highest BCUT2D eigenvalue weighted by atomic mass is 32.2. The van der Waals surface area contributed by atoms with E-state index in [2.05, 4.69) is 5.32 Å². The molecule has 1 aromatic rings. The summed E-state index contributed by atoms with van der Waals surface area (Å²) in [5, 5.41) is 13.1. The van der Waals surface area contributed by atoms with E-state index in [1.54, 1.807) is 0 Å². The summed E-state index contributed by atoms with van der Waals surface area (Å²) >= 11 is 0. The topological polar surface area (TPSA) is 136 Å². The van der Waals surface area contributed by atoms with Crippen molar-refractivity contribution in [1.82, 2.24) is 4.31 Å². The zero-order chi connectivity index (χ0) is 19.5. The third-order valence-corrected chi connectivity index (χ3v) is 5.20. The van der Waals surface area contributed by atoms with Crippen molar-refractivity contribution in [3.05, 3.63) is 34.4 Å². The molecule has 1 N–H and O–H groups in total. The number of nitro groups is 1. The van der Waals surface area contributed by atoms with E-state index in [-0.39, 0.29) is 12.2 Å². The van der Waals surface area contributed by atoms with E-state index in [9.17, 15) is 28.1 Å². The van der Waals surface area contributed by atoms with Gasteiger partial charge in [-0.3, -0.25) is 19.7 Å². The van der Waals surface area contributed by atoms with Crippen molar-refractivity contribution in [3.63, 3.8) is 0 Å². The number of nitrogens with one attached hydrogen (secondary N) is 1. The molecule has 1 aliphatic heterocycles. The Morgan fingerprint density at radius 3 is 2.50 bits per heavy atom. The van der Waals surface area contributed by atoms with Crippen molar-refractivity contribution < 1.29 is 27.7 Å². The first kappa shape index (κ1) is 19.8. The number of benzene rings is 1. The maximum absolute atomic E-state index is 12.2. The SMILES string of the molecule is C[C@H](OC(=O)[C@H]1CCCN1S(C)(=O)=O)C(=O)Nc1ccc([N+](=O)[O-])cc1. The number of carbonyl (C=O) groups is 2. The van der Waals surface area contributed by atoms with Gasteiger partial charge in [-0.15, -0.1) is 0 Å². The van der Waals surface area contributed by atoms with Crippen LogP contribution < -0.4 is 5.32 Å². The number of ether oxygens (including phenoxy) is 1. The number of nitrogens with zero attached hydrogens (tertiary/aromatic N) is 2. The van der Waals surface area contributed by atoms with Crippen molar-refractivity contribution in [2.75, 3.05) is 18.1 Å². The average molecular weight is 385 g/mol. The van der Waals surface area contributed by atoms with Crippen LogP contribution in [0.4, 0.5) is 11.4 Å². The quantitative estimate of drug-likeness (QED) is 0.436. The van der Waals surface area contributed by atoms with Gasteiger partial charge in [0.25, 0.3) is 11.6 Å². The van der Waals surface area contributed by atoms with Gasteiger partial charge in [-0.2, -0.15) is 4.31 Å².